The lowest BCUT2D eigenvalue weighted by Gasteiger charge is -2.32. The lowest BCUT2D eigenvalue weighted by molar-refractivity contribution is -0.0563. The molecule has 2 unspecified atom stereocenters. The molecule has 1 nitrogen and oxygen atoms in total. The Morgan fingerprint density at radius 1 is 1.44 bits per heavy atom. The van der Waals surface area contributed by atoms with Crippen molar-refractivity contribution >= 4 is 11.6 Å². The molecule has 2 rings (SSSR count). The maximum Gasteiger partial charge on any atom is 0.248 e. The summed E-state index contributed by atoms with van der Waals surface area (Å²) in [5.74, 6) is -2.72. The average Bonchev–Trinajstić information content (AvgIpc) is 2.30. The van der Waals surface area contributed by atoms with Gasteiger partial charge in [-0.1, -0.05) is 23.7 Å². The Balaban J connectivity index is 2.15. The van der Waals surface area contributed by atoms with E-state index in [2.05, 4.69) is 0 Å². The van der Waals surface area contributed by atoms with Crippen LogP contribution in [0, 0.1) is 12.8 Å². The van der Waals surface area contributed by atoms with Gasteiger partial charge in [0.2, 0.25) is 5.92 Å². The molecule has 1 fully saturated rings. The highest BCUT2D eigenvalue weighted by atomic mass is 35.5. The summed E-state index contributed by atoms with van der Waals surface area (Å²) in [5.41, 5.74) is 7.95. The number of halogens is 3. The molecule has 1 aromatic carbocycles. The van der Waals surface area contributed by atoms with Gasteiger partial charge in [0.25, 0.3) is 0 Å². The second kappa shape index (κ2) is 5.14. The van der Waals surface area contributed by atoms with E-state index in [1.807, 2.05) is 19.1 Å². The summed E-state index contributed by atoms with van der Waals surface area (Å²) in [5, 5.41) is 0.644. The SMILES string of the molecule is Cc1ccc(C(N)C2CCCC(F)(F)C2)cc1Cl. The molecule has 4 heteroatoms. The van der Waals surface area contributed by atoms with Gasteiger partial charge in [0.1, 0.15) is 0 Å². The van der Waals surface area contributed by atoms with Gasteiger partial charge in [-0.15, -0.1) is 0 Å². The van der Waals surface area contributed by atoms with E-state index >= 15 is 0 Å². The van der Waals surface area contributed by atoms with Gasteiger partial charge in [-0.3, -0.25) is 0 Å². The Morgan fingerprint density at radius 3 is 2.78 bits per heavy atom. The second-order valence-electron chi connectivity index (χ2n) is 5.25. The Bertz CT molecular complexity index is 434. The molecule has 0 spiro atoms. The summed E-state index contributed by atoms with van der Waals surface area (Å²) in [6.45, 7) is 1.91. The van der Waals surface area contributed by atoms with Crippen LogP contribution in [-0.2, 0) is 0 Å². The van der Waals surface area contributed by atoms with Crippen LogP contribution in [0.1, 0.15) is 42.9 Å². The number of alkyl halides is 2. The first-order valence-corrected chi connectivity index (χ1v) is 6.66. The Morgan fingerprint density at radius 2 is 2.17 bits per heavy atom. The number of benzene rings is 1. The van der Waals surface area contributed by atoms with Crippen molar-refractivity contribution in [2.45, 2.75) is 44.6 Å². The Labute approximate surface area is 111 Å². The normalized spacial score (nSPS) is 24.8. The van der Waals surface area contributed by atoms with Crippen LogP contribution < -0.4 is 5.73 Å². The van der Waals surface area contributed by atoms with Crippen LogP contribution in [0.3, 0.4) is 0 Å². The summed E-state index contributed by atoms with van der Waals surface area (Å²) in [7, 11) is 0. The largest absolute Gasteiger partial charge is 0.324 e. The molecule has 18 heavy (non-hydrogen) atoms. The van der Waals surface area contributed by atoms with E-state index in [-0.39, 0.29) is 24.8 Å². The highest BCUT2D eigenvalue weighted by Gasteiger charge is 2.38. The maximum absolute atomic E-state index is 13.4. The predicted octanol–water partition coefficient (Wildman–Crippen LogP) is 4.47. The smallest absolute Gasteiger partial charge is 0.248 e. The predicted molar refractivity (Wildman–Crippen MR) is 70.0 cm³/mol. The van der Waals surface area contributed by atoms with Crippen molar-refractivity contribution < 1.29 is 8.78 Å². The summed E-state index contributed by atoms with van der Waals surface area (Å²) >= 11 is 6.05. The van der Waals surface area contributed by atoms with Crippen LogP contribution in [0.5, 0.6) is 0 Å². The molecular formula is C14H18ClF2N. The van der Waals surface area contributed by atoms with Gasteiger partial charge >= 0.3 is 0 Å². The minimum Gasteiger partial charge on any atom is -0.324 e. The summed E-state index contributed by atoms with van der Waals surface area (Å²) in [6, 6.07) is 5.22. The van der Waals surface area contributed by atoms with Gasteiger partial charge < -0.3 is 5.73 Å². The topological polar surface area (TPSA) is 26.0 Å². The molecule has 0 saturated heterocycles. The molecule has 0 radical (unpaired) electrons. The van der Waals surface area contributed by atoms with Crippen molar-refractivity contribution in [2.75, 3.05) is 0 Å². The zero-order valence-corrected chi connectivity index (χ0v) is 11.2. The molecule has 1 saturated carbocycles. The van der Waals surface area contributed by atoms with E-state index in [0.717, 1.165) is 17.5 Å². The monoisotopic (exact) mass is 273 g/mol. The van der Waals surface area contributed by atoms with E-state index < -0.39 is 5.92 Å². The second-order valence-corrected chi connectivity index (χ2v) is 5.65. The van der Waals surface area contributed by atoms with Gasteiger partial charge in [-0.2, -0.15) is 0 Å². The van der Waals surface area contributed by atoms with E-state index in [4.69, 9.17) is 17.3 Å². The Hall–Kier alpha value is -0.670. The first-order valence-electron chi connectivity index (χ1n) is 6.28. The molecule has 0 aromatic heterocycles. The number of hydrogen-bond donors (Lipinski definition) is 1. The first-order chi connectivity index (χ1) is 8.39. The minimum atomic E-state index is -2.56. The van der Waals surface area contributed by atoms with Gasteiger partial charge in [0, 0.05) is 23.9 Å². The van der Waals surface area contributed by atoms with Gasteiger partial charge in [-0.25, -0.2) is 8.78 Å². The van der Waals surface area contributed by atoms with Gasteiger partial charge in [0.15, 0.2) is 0 Å². The molecule has 1 aliphatic carbocycles. The van der Waals surface area contributed by atoms with Crippen molar-refractivity contribution in [1.29, 1.82) is 0 Å². The van der Waals surface area contributed by atoms with Crippen molar-refractivity contribution in [3.63, 3.8) is 0 Å². The van der Waals surface area contributed by atoms with Crippen molar-refractivity contribution in [3.8, 4) is 0 Å². The van der Waals surface area contributed by atoms with Crippen LogP contribution in [0.15, 0.2) is 18.2 Å². The average molecular weight is 274 g/mol. The van der Waals surface area contributed by atoms with Crippen molar-refractivity contribution in [3.05, 3.63) is 34.3 Å². The maximum atomic E-state index is 13.4. The van der Waals surface area contributed by atoms with Crippen LogP contribution in [0.25, 0.3) is 0 Å². The van der Waals surface area contributed by atoms with Crippen LogP contribution >= 0.6 is 11.6 Å². The van der Waals surface area contributed by atoms with Crippen LogP contribution in [0.2, 0.25) is 5.02 Å². The zero-order valence-electron chi connectivity index (χ0n) is 10.4. The molecular weight excluding hydrogens is 256 g/mol. The molecule has 0 aliphatic heterocycles. The Kier molecular flexibility index (Phi) is 3.93. The fourth-order valence-corrected chi connectivity index (χ4v) is 2.79. The summed E-state index contributed by atoms with van der Waals surface area (Å²) in [4.78, 5) is 0. The molecule has 1 aromatic rings. The van der Waals surface area contributed by atoms with Crippen LogP contribution in [-0.4, -0.2) is 5.92 Å². The van der Waals surface area contributed by atoms with Gasteiger partial charge in [-0.05, 0) is 42.9 Å². The number of rotatable bonds is 2. The van der Waals surface area contributed by atoms with E-state index in [9.17, 15) is 8.78 Å². The molecule has 1 aliphatic rings. The minimum absolute atomic E-state index is 0.00905. The molecule has 2 N–H and O–H groups in total. The summed E-state index contributed by atoms with van der Waals surface area (Å²) in [6.07, 6.45) is 1.19. The lowest BCUT2D eigenvalue weighted by atomic mass is 9.79. The van der Waals surface area contributed by atoms with Crippen molar-refractivity contribution in [1.82, 2.24) is 0 Å². The molecule has 0 bridgehead atoms. The third-order valence-corrected chi connectivity index (χ3v) is 4.17. The fraction of sp³-hybridized carbons (Fsp3) is 0.571. The fourth-order valence-electron chi connectivity index (χ4n) is 2.61. The van der Waals surface area contributed by atoms with E-state index in [1.165, 1.54) is 0 Å². The van der Waals surface area contributed by atoms with Crippen molar-refractivity contribution in [2.24, 2.45) is 11.7 Å². The van der Waals surface area contributed by atoms with E-state index in [1.54, 1.807) is 6.07 Å². The third kappa shape index (κ3) is 3.01. The van der Waals surface area contributed by atoms with Gasteiger partial charge in [0.05, 0.1) is 0 Å². The third-order valence-electron chi connectivity index (χ3n) is 3.77. The van der Waals surface area contributed by atoms with E-state index in [0.29, 0.717) is 11.4 Å². The number of aryl methyl sites for hydroxylation is 1. The standard InChI is InChI=1S/C14H18ClF2N/c1-9-4-5-10(7-12(9)15)13(18)11-3-2-6-14(16,17)8-11/h4-5,7,11,13H,2-3,6,8,18H2,1H3. The van der Waals surface area contributed by atoms with Crippen LogP contribution in [0.4, 0.5) is 8.78 Å². The molecule has 0 amide bonds. The molecule has 2 atom stereocenters. The zero-order chi connectivity index (χ0) is 13.3. The highest BCUT2D eigenvalue weighted by molar-refractivity contribution is 6.31. The quantitative estimate of drug-likeness (QED) is 0.845. The number of nitrogens with two attached hydrogens (primary N) is 1. The number of hydrogen-bond acceptors (Lipinski definition) is 1. The molecule has 0 heterocycles. The highest BCUT2D eigenvalue weighted by Crippen LogP contribution is 2.41. The summed E-state index contributed by atoms with van der Waals surface area (Å²) < 4.78 is 26.8. The molecule has 100 valence electrons. The first kappa shape index (κ1) is 13.8. The lowest BCUT2D eigenvalue weighted by Crippen LogP contribution is -2.32.